The van der Waals surface area contributed by atoms with Crippen molar-refractivity contribution >= 4 is 23.0 Å². The minimum Gasteiger partial charge on any atom is -0.314 e. The second kappa shape index (κ2) is 13.1. The van der Waals surface area contributed by atoms with Crippen molar-refractivity contribution in [1.82, 2.24) is 0 Å². The van der Waals surface area contributed by atoms with Gasteiger partial charge in [0.25, 0.3) is 0 Å². The molecule has 0 aromatic heterocycles. The largest absolute Gasteiger partial charge is 0.314 e. The fourth-order valence-electron chi connectivity index (χ4n) is 7.39. The Morgan fingerprint density at radius 1 is 0.468 bits per heavy atom. The Morgan fingerprint density at radius 2 is 1.17 bits per heavy atom. The standard InChI is InChI=1S/C46H39N/c1-4-13-34(14-5-1)36-23-27-40(28-24-36)47(41-29-25-37(26-30-41)35-15-6-2-7-16-35)42-31-32-44(38-17-8-3-9-18-38)46(33-42)45-22-12-20-39-19-10-11-21-43(39)45/h1-6,8-11,13-15,17-21,23-25,27-29,31-33H,7,12,16,22,26,30H2. The molecule has 0 spiro atoms. The van der Waals surface area contributed by atoms with E-state index in [1.807, 2.05) is 0 Å². The number of hydrogen-bond donors (Lipinski definition) is 0. The number of anilines is 2. The average Bonchev–Trinajstić information content (AvgIpc) is 3.16. The van der Waals surface area contributed by atoms with Gasteiger partial charge in [-0.15, -0.1) is 0 Å². The third-order valence-electron chi connectivity index (χ3n) is 9.79. The van der Waals surface area contributed by atoms with Crippen LogP contribution in [0, 0.1) is 0 Å². The summed E-state index contributed by atoms with van der Waals surface area (Å²) in [7, 11) is 0. The van der Waals surface area contributed by atoms with Crippen molar-refractivity contribution in [3.8, 4) is 22.3 Å². The molecule has 0 saturated heterocycles. The molecule has 0 amide bonds. The van der Waals surface area contributed by atoms with Crippen LogP contribution in [0.1, 0.15) is 44.1 Å². The van der Waals surface area contributed by atoms with Gasteiger partial charge in [-0.1, -0.05) is 134 Å². The van der Waals surface area contributed by atoms with E-state index < -0.39 is 0 Å². The maximum atomic E-state index is 2.50. The molecule has 0 radical (unpaired) electrons. The Bertz CT molecular complexity index is 2160. The van der Waals surface area contributed by atoms with Crippen LogP contribution in [0.2, 0.25) is 0 Å². The predicted octanol–water partition coefficient (Wildman–Crippen LogP) is 10.8. The molecule has 0 atom stereocenters. The van der Waals surface area contributed by atoms with Gasteiger partial charge in [-0.25, -0.2) is 0 Å². The van der Waals surface area contributed by atoms with Crippen molar-refractivity contribution in [2.45, 2.75) is 38.5 Å². The average molecular weight is 606 g/mol. The Morgan fingerprint density at radius 3 is 1.91 bits per heavy atom. The zero-order valence-electron chi connectivity index (χ0n) is 26.8. The monoisotopic (exact) mass is 605 g/mol. The van der Waals surface area contributed by atoms with E-state index in [-0.39, 0.29) is 0 Å². The van der Waals surface area contributed by atoms with Crippen LogP contribution < -0.4 is 15.3 Å². The summed E-state index contributed by atoms with van der Waals surface area (Å²) in [6.45, 7) is 0. The third-order valence-corrected chi connectivity index (χ3v) is 9.79. The highest BCUT2D eigenvalue weighted by atomic mass is 15.1. The van der Waals surface area contributed by atoms with Crippen LogP contribution in [0.3, 0.4) is 0 Å². The summed E-state index contributed by atoms with van der Waals surface area (Å²) in [6, 6.07) is 46.7. The Labute approximate surface area is 278 Å². The van der Waals surface area contributed by atoms with Gasteiger partial charge in [0.1, 0.15) is 0 Å². The van der Waals surface area contributed by atoms with Crippen LogP contribution in [-0.2, 0) is 0 Å². The molecule has 5 aromatic carbocycles. The molecule has 3 aliphatic carbocycles. The predicted molar refractivity (Wildman–Crippen MR) is 200 cm³/mol. The van der Waals surface area contributed by atoms with Gasteiger partial charge < -0.3 is 4.90 Å². The maximum Gasteiger partial charge on any atom is 0.0464 e. The van der Waals surface area contributed by atoms with Crippen LogP contribution in [0.4, 0.5) is 11.4 Å². The molecular formula is C46H39N. The zero-order chi connectivity index (χ0) is 31.4. The first-order chi connectivity index (χ1) is 23.3. The lowest BCUT2D eigenvalue weighted by Gasteiger charge is -2.31. The second-order valence-electron chi connectivity index (χ2n) is 12.7. The SMILES string of the molecule is C1=CCCC(C2=CC=C(N(c3ccc(-c4ccccc4)cc3)c3ccc(-c4ccccc4)c(C4=c5ccccc5=CCC4)c3)CC2)=C1. The highest BCUT2D eigenvalue weighted by Gasteiger charge is 2.22. The molecule has 0 aliphatic heterocycles. The topological polar surface area (TPSA) is 3.24 Å². The summed E-state index contributed by atoms with van der Waals surface area (Å²) in [6.07, 6.45) is 20.3. The van der Waals surface area contributed by atoms with Gasteiger partial charge in [-0.05, 0) is 124 Å². The van der Waals surface area contributed by atoms with E-state index >= 15 is 0 Å². The number of hydrogen-bond acceptors (Lipinski definition) is 1. The number of fused-ring (bicyclic) bond motifs is 1. The molecule has 0 fully saturated rings. The fraction of sp³-hybridized carbons (Fsp3) is 0.130. The smallest absolute Gasteiger partial charge is 0.0464 e. The quantitative estimate of drug-likeness (QED) is 0.178. The summed E-state index contributed by atoms with van der Waals surface area (Å²) in [5.74, 6) is 0. The van der Waals surface area contributed by atoms with Gasteiger partial charge in [-0.2, -0.15) is 0 Å². The summed E-state index contributed by atoms with van der Waals surface area (Å²) in [5, 5.41) is 2.69. The Kier molecular flexibility index (Phi) is 8.12. The van der Waals surface area contributed by atoms with Crippen LogP contribution in [0.5, 0.6) is 0 Å². The molecule has 0 bridgehead atoms. The zero-order valence-corrected chi connectivity index (χ0v) is 26.8. The molecule has 228 valence electrons. The van der Waals surface area contributed by atoms with Gasteiger partial charge >= 0.3 is 0 Å². The highest BCUT2D eigenvalue weighted by Crippen LogP contribution is 2.40. The van der Waals surface area contributed by atoms with Crippen molar-refractivity contribution in [2.75, 3.05) is 4.90 Å². The van der Waals surface area contributed by atoms with Crippen LogP contribution in [0.25, 0.3) is 33.9 Å². The molecular weight excluding hydrogens is 567 g/mol. The van der Waals surface area contributed by atoms with Gasteiger partial charge in [0.15, 0.2) is 0 Å². The van der Waals surface area contributed by atoms with E-state index in [0.29, 0.717) is 0 Å². The minimum atomic E-state index is 0.997. The van der Waals surface area contributed by atoms with Crippen LogP contribution in [-0.4, -0.2) is 0 Å². The molecule has 0 N–H and O–H groups in total. The van der Waals surface area contributed by atoms with E-state index in [2.05, 4.69) is 169 Å². The molecule has 1 nitrogen and oxygen atoms in total. The molecule has 1 heteroatoms. The van der Waals surface area contributed by atoms with E-state index in [1.165, 1.54) is 72.0 Å². The van der Waals surface area contributed by atoms with E-state index in [9.17, 15) is 0 Å². The number of benzene rings is 5. The Hall–Kier alpha value is -5.40. The number of nitrogens with zero attached hydrogens (tertiary/aromatic N) is 1. The lowest BCUT2D eigenvalue weighted by atomic mass is 9.87. The molecule has 0 heterocycles. The van der Waals surface area contributed by atoms with Crippen LogP contribution in [0.15, 0.2) is 175 Å². The minimum absolute atomic E-state index is 0.997. The molecule has 0 saturated carbocycles. The molecule has 8 rings (SSSR count). The van der Waals surface area contributed by atoms with E-state index in [4.69, 9.17) is 0 Å². The lowest BCUT2D eigenvalue weighted by Crippen LogP contribution is -2.29. The van der Waals surface area contributed by atoms with Crippen molar-refractivity contribution in [3.05, 3.63) is 191 Å². The van der Waals surface area contributed by atoms with E-state index in [0.717, 1.165) is 38.5 Å². The Balaban J connectivity index is 1.29. The third kappa shape index (κ3) is 5.98. The van der Waals surface area contributed by atoms with Crippen molar-refractivity contribution in [1.29, 1.82) is 0 Å². The molecule has 0 unspecified atom stereocenters. The summed E-state index contributed by atoms with van der Waals surface area (Å²) in [4.78, 5) is 2.50. The number of allylic oxidation sites excluding steroid dienone is 8. The fourth-order valence-corrected chi connectivity index (χ4v) is 7.39. The van der Waals surface area contributed by atoms with Gasteiger partial charge in [0, 0.05) is 17.1 Å². The first-order valence-corrected chi connectivity index (χ1v) is 17.0. The van der Waals surface area contributed by atoms with Crippen molar-refractivity contribution in [2.24, 2.45) is 0 Å². The second-order valence-corrected chi connectivity index (χ2v) is 12.7. The first-order valence-electron chi connectivity index (χ1n) is 17.0. The highest BCUT2D eigenvalue weighted by molar-refractivity contribution is 5.86. The van der Waals surface area contributed by atoms with Crippen molar-refractivity contribution < 1.29 is 0 Å². The molecule has 47 heavy (non-hydrogen) atoms. The lowest BCUT2D eigenvalue weighted by molar-refractivity contribution is 0.850. The van der Waals surface area contributed by atoms with E-state index in [1.54, 1.807) is 0 Å². The number of rotatable bonds is 7. The maximum absolute atomic E-state index is 2.50. The summed E-state index contributed by atoms with van der Waals surface area (Å²) in [5.41, 5.74) is 14.5. The van der Waals surface area contributed by atoms with Crippen molar-refractivity contribution in [3.63, 3.8) is 0 Å². The van der Waals surface area contributed by atoms with Gasteiger partial charge in [0.05, 0.1) is 0 Å². The van der Waals surface area contributed by atoms with Gasteiger partial charge in [0.2, 0.25) is 0 Å². The van der Waals surface area contributed by atoms with Crippen LogP contribution >= 0.6 is 0 Å². The molecule has 5 aromatic rings. The first kappa shape index (κ1) is 29.0. The molecule has 3 aliphatic rings. The summed E-state index contributed by atoms with van der Waals surface area (Å²) >= 11 is 0. The normalized spacial score (nSPS) is 15.6. The summed E-state index contributed by atoms with van der Waals surface area (Å²) < 4.78 is 0. The van der Waals surface area contributed by atoms with Gasteiger partial charge in [-0.3, -0.25) is 0 Å².